The molecule has 0 aliphatic rings. The SMILES string of the molecule is CNC(c1ncc(C)cn1)c1occc1Br. The van der Waals surface area contributed by atoms with E-state index in [1.807, 2.05) is 20.0 Å². The van der Waals surface area contributed by atoms with Crippen LogP contribution in [0.4, 0.5) is 0 Å². The van der Waals surface area contributed by atoms with Crippen molar-refractivity contribution in [3.63, 3.8) is 0 Å². The molecule has 0 bridgehead atoms. The summed E-state index contributed by atoms with van der Waals surface area (Å²) in [6.07, 6.45) is 5.23. The quantitative estimate of drug-likeness (QED) is 0.939. The molecule has 0 aliphatic carbocycles. The Morgan fingerprint density at radius 3 is 2.56 bits per heavy atom. The second-order valence-corrected chi connectivity index (χ2v) is 4.33. The first-order chi connectivity index (χ1) is 7.72. The lowest BCUT2D eigenvalue weighted by Gasteiger charge is -2.12. The minimum Gasteiger partial charge on any atom is -0.466 e. The highest BCUT2D eigenvalue weighted by molar-refractivity contribution is 9.10. The molecule has 2 aromatic rings. The number of hydrogen-bond donors (Lipinski definition) is 1. The van der Waals surface area contributed by atoms with Gasteiger partial charge in [-0.2, -0.15) is 0 Å². The van der Waals surface area contributed by atoms with Gasteiger partial charge in [-0.25, -0.2) is 9.97 Å². The molecule has 0 amide bonds. The molecule has 5 heteroatoms. The van der Waals surface area contributed by atoms with Crippen LogP contribution >= 0.6 is 15.9 Å². The highest BCUT2D eigenvalue weighted by atomic mass is 79.9. The van der Waals surface area contributed by atoms with Gasteiger partial charge in [0.05, 0.1) is 10.7 Å². The van der Waals surface area contributed by atoms with E-state index in [0.717, 1.165) is 15.8 Å². The van der Waals surface area contributed by atoms with Crippen molar-refractivity contribution in [1.82, 2.24) is 15.3 Å². The number of furan rings is 1. The minimum atomic E-state index is -0.134. The molecule has 0 aromatic carbocycles. The van der Waals surface area contributed by atoms with Crippen LogP contribution in [0.2, 0.25) is 0 Å². The van der Waals surface area contributed by atoms with Gasteiger partial charge in [0.2, 0.25) is 0 Å². The van der Waals surface area contributed by atoms with Gasteiger partial charge >= 0.3 is 0 Å². The molecule has 84 valence electrons. The molecule has 0 radical (unpaired) electrons. The Morgan fingerprint density at radius 1 is 1.38 bits per heavy atom. The van der Waals surface area contributed by atoms with Gasteiger partial charge < -0.3 is 9.73 Å². The highest BCUT2D eigenvalue weighted by Crippen LogP contribution is 2.27. The van der Waals surface area contributed by atoms with Gasteiger partial charge in [-0.05, 0) is 41.5 Å². The number of aryl methyl sites for hydroxylation is 1. The van der Waals surface area contributed by atoms with E-state index in [2.05, 4.69) is 31.2 Å². The van der Waals surface area contributed by atoms with Crippen molar-refractivity contribution >= 4 is 15.9 Å². The second kappa shape index (κ2) is 4.76. The van der Waals surface area contributed by atoms with E-state index in [9.17, 15) is 0 Å². The summed E-state index contributed by atoms with van der Waals surface area (Å²) in [7, 11) is 1.85. The molecule has 1 N–H and O–H groups in total. The van der Waals surface area contributed by atoms with Gasteiger partial charge in [-0.1, -0.05) is 0 Å². The van der Waals surface area contributed by atoms with Crippen molar-refractivity contribution in [3.05, 3.63) is 46.3 Å². The standard InChI is InChI=1S/C11H12BrN3O/c1-7-5-14-11(15-6-7)9(13-2)10-8(12)3-4-16-10/h3-6,9,13H,1-2H3. The summed E-state index contributed by atoms with van der Waals surface area (Å²) < 4.78 is 6.33. The topological polar surface area (TPSA) is 51.0 Å². The van der Waals surface area contributed by atoms with E-state index in [1.54, 1.807) is 18.7 Å². The average Bonchev–Trinajstić information content (AvgIpc) is 2.69. The number of rotatable bonds is 3. The second-order valence-electron chi connectivity index (χ2n) is 3.47. The van der Waals surface area contributed by atoms with E-state index >= 15 is 0 Å². The van der Waals surface area contributed by atoms with E-state index in [-0.39, 0.29) is 6.04 Å². The lowest BCUT2D eigenvalue weighted by molar-refractivity contribution is 0.450. The van der Waals surface area contributed by atoms with Crippen molar-refractivity contribution in [2.75, 3.05) is 7.05 Å². The van der Waals surface area contributed by atoms with Crippen LogP contribution in [0.15, 0.2) is 33.6 Å². The molecular weight excluding hydrogens is 270 g/mol. The third-order valence-electron chi connectivity index (χ3n) is 2.25. The van der Waals surface area contributed by atoms with E-state index in [1.165, 1.54) is 0 Å². The van der Waals surface area contributed by atoms with Gasteiger partial charge in [0.15, 0.2) is 5.82 Å². The Morgan fingerprint density at radius 2 is 2.06 bits per heavy atom. The average molecular weight is 282 g/mol. The first kappa shape index (κ1) is 11.3. The molecule has 0 fully saturated rings. The third-order valence-corrected chi connectivity index (χ3v) is 2.91. The minimum absolute atomic E-state index is 0.134. The predicted molar refractivity (Wildman–Crippen MR) is 64.1 cm³/mol. The van der Waals surface area contributed by atoms with E-state index in [4.69, 9.17) is 4.42 Å². The Labute approximate surface area is 102 Å². The Bertz CT molecular complexity index is 466. The lowest BCUT2D eigenvalue weighted by Crippen LogP contribution is -2.20. The van der Waals surface area contributed by atoms with Crippen LogP contribution in [-0.4, -0.2) is 17.0 Å². The normalized spacial score (nSPS) is 12.7. The molecule has 1 atom stereocenters. The van der Waals surface area contributed by atoms with Crippen LogP contribution in [0, 0.1) is 6.92 Å². The number of nitrogens with one attached hydrogen (secondary N) is 1. The number of aromatic nitrogens is 2. The maximum absolute atomic E-state index is 5.41. The molecule has 2 rings (SSSR count). The van der Waals surface area contributed by atoms with Gasteiger partial charge in [0, 0.05) is 12.4 Å². The van der Waals surface area contributed by atoms with Gasteiger partial charge in [0.25, 0.3) is 0 Å². The summed E-state index contributed by atoms with van der Waals surface area (Å²) in [5, 5.41) is 3.13. The molecule has 2 aromatic heterocycles. The van der Waals surface area contributed by atoms with Crippen LogP contribution < -0.4 is 5.32 Å². The van der Waals surface area contributed by atoms with Crippen molar-refractivity contribution < 1.29 is 4.42 Å². The summed E-state index contributed by atoms with van der Waals surface area (Å²) >= 11 is 3.43. The third kappa shape index (κ3) is 2.15. The molecule has 4 nitrogen and oxygen atoms in total. The maximum atomic E-state index is 5.41. The number of halogens is 1. The molecule has 0 spiro atoms. The van der Waals surface area contributed by atoms with Crippen LogP contribution in [0.1, 0.15) is 23.2 Å². The van der Waals surface area contributed by atoms with Crippen molar-refractivity contribution in [3.8, 4) is 0 Å². The number of hydrogen-bond acceptors (Lipinski definition) is 4. The number of nitrogens with zero attached hydrogens (tertiary/aromatic N) is 2. The smallest absolute Gasteiger partial charge is 0.152 e. The van der Waals surface area contributed by atoms with Crippen LogP contribution in [0.3, 0.4) is 0 Å². The summed E-state index contributed by atoms with van der Waals surface area (Å²) in [6, 6.07) is 1.72. The fraction of sp³-hybridized carbons (Fsp3) is 0.273. The molecule has 16 heavy (non-hydrogen) atoms. The van der Waals surface area contributed by atoms with Crippen LogP contribution in [0.25, 0.3) is 0 Å². The van der Waals surface area contributed by atoms with Crippen molar-refractivity contribution in [1.29, 1.82) is 0 Å². The highest BCUT2D eigenvalue weighted by Gasteiger charge is 2.20. The maximum Gasteiger partial charge on any atom is 0.152 e. The molecule has 0 aliphatic heterocycles. The Balaban J connectivity index is 2.37. The first-order valence-electron chi connectivity index (χ1n) is 4.91. The van der Waals surface area contributed by atoms with E-state index in [0.29, 0.717) is 5.82 Å². The predicted octanol–water partition coefficient (Wildman–Crippen LogP) is 2.45. The zero-order chi connectivity index (χ0) is 11.5. The molecule has 0 saturated carbocycles. The lowest BCUT2D eigenvalue weighted by atomic mass is 10.2. The fourth-order valence-electron chi connectivity index (χ4n) is 1.44. The summed E-state index contributed by atoms with van der Waals surface area (Å²) in [5.41, 5.74) is 1.04. The molecular formula is C11H12BrN3O. The first-order valence-corrected chi connectivity index (χ1v) is 5.70. The molecule has 0 saturated heterocycles. The van der Waals surface area contributed by atoms with Gasteiger partial charge in [-0.3, -0.25) is 0 Å². The molecule has 2 heterocycles. The zero-order valence-corrected chi connectivity index (χ0v) is 10.7. The fourth-order valence-corrected chi connectivity index (χ4v) is 1.87. The van der Waals surface area contributed by atoms with Crippen molar-refractivity contribution in [2.45, 2.75) is 13.0 Å². The summed E-state index contributed by atoms with van der Waals surface area (Å²) in [5.74, 6) is 1.48. The summed E-state index contributed by atoms with van der Waals surface area (Å²) in [4.78, 5) is 8.58. The summed E-state index contributed by atoms with van der Waals surface area (Å²) in [6.45, 7) is 1.96. The van der Waals surface area contributed by atoms with Gasteiger partial charge in [0.1, 0.15) is 11.8 Å². The van der Waals surface area contributed by atoms with Crippen molar-refractivity contribution in [2.24, 2.45) is 0 Å². The van der Waals surface area contributed by atoms with Crippen LogP contribution in [0.5, 0.6) is 0 Å². The Hall–Kier alpha value is -1.20. The van der Waals surface area contributed by atoms with E-state index < -0.39 is 0 Å². The zero-order valence-electron chi connectivity index (χ0n) is 9.07. The molecule has 1 unspecified atom stereocenters. The van der Waals surface area contributed by atoms with Gasteiger partial charge in [-0.15, -0.1) is 0 Å². The monoisotopic (exact) mass is 281 g/mol. The largest absolute Gasteiger partial charge is 0.466 e. The van der Waals surface area contributed by atoms with Crippen LogP contribution in [-0.2, 0) is 0 Å². The Kier molecular flexibility index (Phi) is 3.36.